The van der Waals surface area contributed by atoms with Crippen LogP contribution >= 0.6 is 23.3 Å². The van der Waals surface area contributed by atoms with Crippen LogP contribution in [0.1, 0.15) is 38.5 Å². The molecule has 0 spiro atoms. The number of hydrogen-bond donors (Lipinski definition) is 1. The van der Waals surface area contributed by atoms with Crippen LogP contribution in [-0.2, 0) is 0 Å². The number of anilines is 1. The van der Waals surface area contributed by atoms with Crippen molar-refractivity contribution in [3.63, 3.8) is 0 Å². The van der Waals surface area contributed by atoms with Gasteiger partial charge in [0, 0.05) is 6.04 Å². The van der Waals surface area contributed by atoms with Gasteiger partial charge in [-0.05, 0) is 25.0 Å². The molecule has 0 aliphatic heterocycles. The molecular weight excluding hydrogens is 266 g/mol. The molecule has 1 aliphatic rings. The minimum absolute atomic E-state index is 0.525. The lowest BCUT2D eigenvalue weighted by Crippen LogP contribution is -2.18. The van der Waals surface area contributed by atoms with Crippen LogP contribution in [0.15, 0.2) is 12.1 Å². The summed E-state index contributed by atoms with van der Waals surface area (Å²) in [6.45, 7) is 0. The van der Waals surface area contributed by atoms with Crippen LogP contribution in [0.3, 0.4) is 0 Å². The third kappa shape index (κ3) is 2.45. The SMILES string of the molecule is Clc1ccc2nsnc2c1NC1CCCCCC1. The number of hydrogen-bond acceptors (Lipinski definition) is 4. The monoisotopic (exact) mass is 281 g/mol. The van der Waals surface area contributed by atoms with Crippen LogP contribution in [0.4, 0.5) is 5.69 Å². The first kappa shape index (κ1) is 12.2. The molecule has 96 valence electrons. The van der Waals surface area contributed by atoms with Gasteiger partial charge >= 0.3 is 0 Å². The summed E-state index contributed by atoms with van der Waals surface area (Å²) in [5.74, 6) is 0. The summed E-state index contributed by atoms with van der Waals surface area (Å²) in [5.41, 5.74) is 2.81. The summed E-state index contributed by atoms with van der Waals surface area (Å²) in [4.78, 5) is 0. The topological polar surface area (TPSA) is 37.8 Å². The van der Waals surface area contributed by atoms with Gasteiger partial charge in [-0.3, -0.25) is 0 Å². The fourth-order valence-electron chi connectivity index (χ4n) is 2.59. The van der Waals surface area contributed by atoms with Gasteiger partial charge in [-0.25, -0.2) is 0 Å². The molecule has 1 heterocycles. The van der Waals surface area contributed by atoms with Gasteiger partial charge in [0.05, 0.1) is 22.4 Å². The molecule has 0 amide bonds. The number of rotatable bonds is 2. The molecule has 1 fully saturated rings. The van der Waals surface area contributed by atoms with Crippen LogP contribution in [0.2, 0.25) is 5.02 Å². The zero-order valence-corrected chi connectivity index (χ0v) is 11.7. The van der Waals surface area contributed by atoms with Crippen molar-refractivity contribution in [1.82, 2.24) is 8.75 Å². The van der Waals surface area contributed by atoms with E-state index in [-0.39, 0.29) is 0 Å². The summed E-state index contributed by atoms with van der Waals surface area (Å²) in [7, 11) is 0. The smallest absolute Gasteiger partial charge is 0.129 e. The van der Waals surface area contributed by atoms with E-state index in [0.29, 0.717) is 6.04 Å². The lowest BCUT2D eigenvalue weighted by Gasteiger charge is -2.18. The molecule has 1 N–H and O–H groups in total. The normalized spacial score (nSPS) is 17.8. The van der Waals surface area contributed by atoms with Crippen molar-refractivity contribution in [1.29, 1.82) is 0 Å². The number of fused-ring (bicyclic) bond motifs is 1. The third-order valence-corrected chi connectivity index (χ3v) is 4.44. The van der Waals surface area contributed by atoms with Crippen molar-refractivity contribution in [3.8, 4) is 0 Å². The summed E-state index contributed by atoms with van der Waals surface area (Å²) in [6.07, 6.45) is 7.78. The van der Waals surface area contributed by atoms with E-state index in [0.717, 1.165) is 21.7 Å². The molecule has 1 aromatic heterocycles. The Balaban J connectivity index is 1.88. The molecule has 18 heavy (non-hydrogen) atoms. The first-order chi connectivity index (χ1) is 8.84. The van der Waals surface area contributed by atoms with Gasteiger partial charge in [0.1, 0.15) is 11.0 Å². The fourth-order valence-corrected chi connectivity index (χ4v) is 3.34. The number of nitrogens with one attached hydrogen (secondary N) is 1. The number of nitrogens with zero attached hydrogens (tertiary/aromatic N) is 2. The van der Waals surface area contributed by atoms with Crippen LogP contribution in [0.25, 0.3) is 11.0 Å². The molecule has 0 unspecified atom stereocenters. The van der Waals surface area contributed by atoms with Gasteiger partial charge in [-0.2, -0.15) is 8.75 Å². The van der Waals surface area contributed by atoms with E-state index in [9.17, 15) is 0 Å². The fraction of sp³-hybridized carbons (Fsp3) is 0.538. The first-order valence-corrected chi connectivity index (χ1v) is 7.63. The van der Waals surface area contributed by atoms with Crippen molar-refractivity contribution in [2.75, 3.05) is 5.32 Å². The van der Waals surface area contributed by atoms with Gasteiger partial charge in [0.15, 0.2) is 0 Å². The molecule has 0 bridgehead atoms. The van der Waals surface area contributed by atoms with Crippen molar-refractivity contribution >= 4 is 40.0 Å². The molecule has 2 aromatic rings. The molecule has 0 atom stereocenters. The van der Waals surface area contributed by atoms with Crippen LogP contribution in [0.5, 0.6) is 0 Å². The quantitative estimate of drug-likeness (QED) is 0.825. The van der Waals surface area contributed by atoms with E-state index in [1.165, 1.54) is 50.3 Å². The number of halogens is 1. The zero-order valence-electron chi connectivity index (χ0n) is 10.2. The highest BCUT2D eigenvalue weighted by molar-refractivity contribution is 7.00. The molecule has 5 heteroatoms. The lowest BCUT2D eigenvalue weighted by atomic mass is 10.1. The van der Waals surface area contributed by atoms with Gasteiger partial charge in [-0.1, -0.05) is 37.3 Å². The summed E-state index contributed by atoms with van der Waals surface area (Å²) in [6, 6.07) is 4.36. The Bertz CT molecular complexity index is 532. The van der Waals surface area contributed by atoms with E-state index in [1.54, 1.807) is 0 Å². The summed E-state index contributed by atoms with van der Waals surface area (Å²) in [5, 5.41) is 4.34. The van der Waals surface area contributed by atoms with Crippen molar-refractivity contribution in [3.05, 3.63) is 17.2 Å². The summed E-state index contributed by atoms with van der Waals surface area (Å²) >= 11 is 7.54. The predicted octanol–water partition coefficient (Wildman–Crippen LogP) is 4.48. The van der Waals surface area contributed by atoms with Crippen LogP contribution in [-0.4, -0.2) is 14.8 Å². The summed E-state index contributed by atoms with van der Waals surface area (Å²) < 4.78 is 8.62. The highest BCUT2D eigenvalue weighted by atomic mass is 35.5. The van der Waals surface area contributed by atoms with Gasteiger partial charge in [0.25, 0.3) is 0 Å². The molecule has 3 rings (SSSR count). The molecule has 1 saturated carbocycles. The van der Waals surface area contributed by atoms with Crippen molar-refractivity contribution in [2.45, 2.75) is 44.6 Å². The third-order valence-electron chi connectivity index (χ3n) is 3.58. The average molecular weight is 282 g/mol. The van der Waals surface area contributed by atoms with Crippen LogP contribution in [0, 0.1) is 0 Å². The highest BCUT2D eigenvalue weighted by Gasteiger charge is 2.16. The van der Waals surface area contributed by atoms with Crippen LogP contribution < -0.4 is 5.32 Å². The van der Waals surface area contributed by atoms with Gasteiger partial charge < -0.3 is 5.32 Å². The minimum Gasteiger partial charge on any atom is -0.379 e. The van der Waals surface area contributed by atoms with E-state index in [2.05, 4.69) is 14.1 Å². The number of benzene rings is 1. The predicted molar refractivity (Wildman–Crippen MR) is 77.5 cm³/mol. The second-order valence-electron chi connectivity index (χ2n) is 4.89. The zero-order chi connectivity index (χ0) is 12.4. The maximum atomic E-state index is 6.29. The largest absolute Gasteiger partial charge is 0.379 e. The van der Waals surface area contributed by atoms with Gasteiger partial charge in [-0.15, -0.1) is 0 Å². The molecular formula is C13H16ClN3S. The van der Waals surface area contributed by atoms with Crippen molar-refractivity contribution < 1.29 is 0 Å². The van der Waals surface area contributed by atoms with E-state index in [4.69, 9.17) is 11.6 Å². The first-order valence-electron chi connectivity index (χ1n) is 6.52. The standard InChI is InChI=1S/C13H16ClN3S/c14-10-7-8-11-13(17-18-16-11)12(10)15-9-5-3-1-2-4-6-9/h7-9,15H,1-6H2. The maximum Gasteiger partial charge on any atom is 0.129 e. The molecule has 0 radical (unpaired) electrons. The van der Waals surface area contributed by atoms with E-state index >= 15 is 0 Å². The minimum atomic E-state index is 0.525. The molecule has 0 saturated heterocycles. The van der Waals surface area contributed by atoms with Crippen molar-refractivity contribution in [2.24, 2.45) is 0 Å². The number of aromatic nitrogens is 2. The average Bonchev–Trinajstić information content (AvgIpc) is 2.70. The lowest BCUT2D eigenvalue weighted by molar-refractivity contribution is 0.620. The van der Waals surface area contributed by atoms with Gasteiger partial charge in [0.2, 0.25) is 0 Å². The Morgan fingerprint density at radius 3 is 2.67 bits per heavy atom. The Morgan fingerprint density at radius 1 is 1.11 bits per heavy atom. The molecule has 1 aliphatic carbocycles. The molecule has 3 nitrogen and oxygen atoms in total. The Morgan fingerprint density at radius 2 is 1.89 bits per heavy atom. The van der Waals surface area contributed by atoms with E-state index < -0.39 is 0 Å². The Labute approximate surface area is 116 Å². The second-order valence-corrected chi connectivity index (χ2v) is 5.82. The Kier molecular flexibility index (Phi) is 3.66. The second kappa shape index (κ2) is 5.41. The highest BCUT2D eigenvalue weighted by Crippen LogP contribution is 2.32. The molecule has 1 aromatic carbocycles. The Hall–Kier alpha value is -0.870. The van der Waals surface area contributed by atoms with E-state index in [1.807, 2.05) is 12.1 Å². The maximum absolute atomic E-state index is 6.29.